The predicted octanol–water partition coefficient (Wildman–Crippen LogP) is 4.06. The van der Waals surface area contributed by atoms with Crippen LogP contribution in [0.15, 0.2) is 11.6 Å². The van der Waals surface area contributed by atoms with Crippen LogP contribution >= 0.6 is 0 Å². The van der Waals surface area contributed by atoms with Gasteiger partial charge in [0.1, 0.15) is 5.78 Å². The minimum Gasteiger partial charge on any atom is -0.465 e. The minimum absolute atomic E-state index is 0.0258. The highest BCUT2D eigenvalue weighted by atomic mass is 16.5. The molecule has 0 aromatic carbocycles. The number of hydrogen-bond donors (Lipinski definition) is 1. The highest BCUT2D eigenvalue weighted by Gasteiger charge is 2.36. The van der Waals surface area contributed by atoms with Gasteiger partial charge in [-0.05, 0) is 44.9 Å². The van der Waals surface area contributed by atoms with E-state index < -0.39 is 17.4 Å². The number of esters is 1. The van der Waals surface area contributed by atoms with Crippen molar-refractivity contribution in [1.29, 1.82) is 0 Å². The van der Waals surface area contributed by atoms with E-state index in [9.17, 15) is 14.7 Å². The van der Waals surface area contributed by atoms with E-state index in [0.29, 0.717) is 13.0 Å². The fourth-order valence-electron chi connectivity index (χ4n) is 3.33. The van der Waals surface area contributed by atoms with E-state index in [0.717, 1.165) is 25.7 Å². The molecule has 0 aliphatic carbocycles. The maximum atomic E-state index is 12.8. The van der Waals surface area contributed by atoms with E-state index in [1.807, 2.05) is 20.8 Å². The lowest BCUT2D eigenvalue weighted by Crippen LogP contribution is -2.39. The van der Waals surface area contributed by atoms with E-state index in [2.05, 4.69) is 13.0 Å². The topological polar surface area (TPSA) is 63.6 Å². The maximum absolute atomic E-state index is 12.8. The second kappa shape index (κ2) is 9.36. The summed E-state index contributed by atoms with van der Waals surface area (Å²) in [6.07, 6.45) is 5.76. The molecular weight excluding hydrogens is 304 g/mol. The molecule has 0 fully saturated rings. The van der Waals surface area contributed by atoms with Crippen molar-refractivity contribution in [2.75, 3.05) is 6.61 Å². The highest BCUT2D eigenvalue weighted by molar-refractivity contribution is 5.87. The van der Waals surface area contributed by atoms with Crippen LogP contribution in [0.25, 0.3) is 0 Å². The van der Waals surface area contributed by atoms with E-state index >= 15 is 0 Å². The standard InChI is InChI=1S/C20H34O4/c1-14-8-6-10-15(2)18(22)16(3)19(23)20(4,5)12-11-17(21)24-13-7-9-14/h9,15-16,18,22H,6-8,10-13H2,1-5H3/b14-9-/t15-,16+,18-/m0/s1. The van der Waals surface area contributed by atoms with Gasteiger partial charge < -0.3 is 9.84 Å². The molecule has 1 N–H and O–H groups in total. The molecule has 1 aliphatic rings. The SMILES string of the molecule is C/C1=C/CCOC(=O)CCC(C)(C)C(=O)[C@H](C)[C@@H](O)[C@@H](C)CCC1. The molecule has 0 saturated heterocycles. The molecule has 0 aromatic heterocycles. The third-order valence-electron chi connectivity index (χ3n) is 5.23. The molecule has 4 heteroatoms. The molecule has 3 atom stereocenters. The molecule has 24 heavy (non-hydrogen) atoms. The summed E-state index contributed by atoms with van der Waals surface area (Å²) >= 11 is 0. The van der Waals surface area contributed by atoms with Gasteiger partial charge in [-0.3, -0.25) is 9.59 Å². The quantitative estimate of drug-likeness (QED) is 0.534. The summed E-state index contributed by atoms with van der Waals surface area (Å²) in [5.41, 5.74) is 0.650. The molecule has 4 nitrogen and oxygen atoms in total. The lowest BCUT2D eigenvalue weighted by Gasteiger charge is -2.31. The number of carbonyl (C=O) groups excluding carboxylic acids is 2. The summed E-state index contributed by atoms with van der Waals surface area (Å²) in [6.45, 7) is 10.0. The Morgan fingerprint density at radius 3 is 2.54 bits per heavy atom. The lowest BCUT2D eigenvalue weighted by atomic mass is 9.74. The average molecular weight is 338 g/mol. The van der Waals surface area contributed by atoms with Crippen LogP contribution in [0.3, 0.4) is 0 Å². The maximum Gasteiger partial charge on any atom is 0.305 e. The molecule has 0 saturated carbocycles. The largest absolute Gasteiger partial charge is 0.465 e. The van der Waals surface area contributed by atoms with Crippen LogP contribution in [0.4, 0.5) is 0 Å². The molecule has 1 aliphatic heterocycles. The number of allylic oxidation sites excluding steroid dienone is 1. The molecule has 0 bridgehead atoms. The van der Waals surface area contributed by atoms with E-state index in [4.69, 9.17) is 4.74 Å². The number of hydrogen-bond acceptors (Lipinski definition) is 4. The number of carbonyl (C=O) groups is 2. The van der Waals surface area contributed by atoms with Gasteiger partial charge in [-0.15, -0.1) is 0 Å². The van der Waals surface area contributed by atoms with Crippen LogP contribution in [0, 0.1) is 17.3 Å². The van der Waals surface area contributed by atoms with Gasteiger partial charge in [0.05, 0.1) is 12.7 Å². The van der Waals surface area contributed by atoms with Gasteiger partial charge in [-0.25, -0.2) is 0 Å². The Kier molecular flexibility index (Phi) is 8.14. The average Bonchev–Trinajstić information content (AvgIpc) is 2.54. The normalized spacial score (nSPS) is 33.4. The van der Waals surface area contributed by atoms with Crippen molar-refractivity contribution in [3.05, 3.63) is 11.6 Å². The van der Waals surface area contributed by atoms with Crippen LogP contribution < -0.4 is 0 Å². The van der Waals surface area contributed by atoms with Crippen molar-refractivity contribution < 1.29 is 19.4 Å². The molecule has 0 unspecified atom stereocenters. The van der Waals surface area contributed by atoms with Gasteiger partial charge >= 0.3 is 5.97 Å². The molecule has 0 radical (unpaired) electrons. The van der Waals surface area contributed by atoms with Crippen molar-refractivity contribution in [1.82, 2.24) is 0 Å². The predicted molar refractivity (Wildman–Crippen MR) is 95.5 cm³/mol. The van der Waals surface area contributed by atoms with Crippen molar-refractivity contribution in [2.24, 2.45) is 17.3 Å². The van der Waals surface area contributed by atoms with Gasteiger partial charge in [-0.2, -0.15) is 0 Å². The van der Waals surface area contributed by atoms with Gasteiger partial charge in [0.2, 0.25) is 0 Å². The Morgan fingerprint density at radius 2 is 1.88 bits per heavy atom. The Balaban J connectivity index is 2.86. The highest BCUT2D eigenvalue weighted by Crippen LogP contribution is 2.31. The number of Topliss-reactive ketones (excluding diaryl/α,β-unsaturated/α-hetero) is 1. The summed E-state index contributed by atoms with van der Waals surface area (Å²) in [7, 11) is 0. The first kappa shape index (κ1) is 20.9. The monoisotopic (exact) mass is 338 g/mol. The molecule has 0 spiro atoms. The van der Waals surface area contributed by atoms with Gasteiger partial charge in [-0.1, -0.05) is 39.3 Å². The van der Waals surface area contributed by atoms with Gasteiger partial charge in [0.25, 0.3) is 0 Å². The van der Waals surface area contributed by atoms with E-state index in [-0.39, 0.29) is 24.1 Å². The number of aliphatic hydroxyl groups excluding tert-OH is 1. The number of ether oxygens (including phenoxy) is 1. The molecular formula is C20H34O4. The lowest BCUT2D eigenvalue weighted by molar-refractivity contribution is -0.145. The first-order valence-corrected chi connectivity index (χ1v) is 9.19. The number of cyclic esters (lactones) is 1. The van der Waals surface area contributed by atoms with E-state index in [1.165, 1.54) is 5.57 Å². The molecule has 138 valence electrons. The van der Waals surface area contributed by atoms with Crippen LogP contribution in [0.1, 0.15) is 73.1 Å². The summed E-state index contributed by atoms with van der Waals surface area (Å²) in [4.78, 5) is 24.6. The third kappa shape index (κ3) is 6.39. The Labute approximate surface area is 146 Å². The van der Waals surface area contributed by atoms with Gasteiger partial charge in [0, 0.05) is 17.8 Å². The van der Waals surface area contributed by atoms with Crippen molar-refractivity contribution >= 4 is 11.8 Å². The third-order valence-corrected chi connectivity index (χ3v) is 5.23. The zero-order chi connectivity index (χ0) is 18.3. The van der Waals surface area contributed by atoms with Crippen LogP contribution in [-0.2, 0) is 14.3 Å². The smallest absolute Gasteiger partial charge is 0.305 e. The molecule has 1 rings (SSSR count). The molecule has 0 amide bonds. The number of rotatable bonds is 0. The second-order valence-electron chi connectivity index (χ2n) is 7.96. The Morgan fingerprint density at radius 1 is 1.21 bits per heavy atom. The first-order chi connectivity index (χ1) is 11.1. The summed E-state index contributed by atoms with van der Waals surface area (Å²) < 4.78 is 5.24. The van der Waals surface area contributed by atoms with Crippen molar-refractivity contribution in [3.63, 3.8) is 0 Å². The minimum atomic E-state index is -0.638. The Hall–Kier alpha value is -1.16. The zero-order valence-corrected chi connectivity index (χ0v) is 15.9. The summed E-state index contributed by atoms with van der Waals surface area (Å²) in [5.74, 6) is -0.561. The van der Waals surface area contributed by atoms with Crippen molar-refractivity contribution in [3.8, 4) is 0 Å². The zero-order valence-electron chi connectivity index (χ0n) is 15.9. The number of aliphatic hydroxyl groups is 1. The first-order valence-electron chi connectivity index (χ1n) is 9.19. The summed E-state index contributed by atoms with van der Waals surface area (Å²) in [5, 5.41) is 10.6. The number of ketones is 1. The van der Waals surface area contributed by atoms with Crippen LogP contribution in [0.2, 0.25) is 0 Å². The summed E-state index contributed by atoms with van der Waals surface area (Å²) in [6, 6.07) is 0. The second-order valence-corrected chi connectivity index (χ2v) is 7.96. The fourth-order valence-corrected chi connectivity index (χ4v) is 3.33. The molecule has 0 aromatic rings. The fraction of sp³-hybridized carbons (Fsp3) is 0.800. The van der Waals surface area contributed by atoms with Crippen LogP contribution in [0.5, 0.6) is 0 Å². The Bertz CT molecular complexity index is 464. The van der Waals surface area contributed by atoms with Crippen LogP contribution in [-0.4, -0.2) is 29.6 Å². The van der Waals surface area contributed by atoms with Crippen molar-refractivity contribution in [2.45, 2.75) is 79.2 Å². The molecule has 1 heterocycles. The van der Waals surface area contributed by atoms with Gasteiger partial charge in [0.15, 0.2) is 0 Å². The van der Waals surface area contributed by atoms with E-state index in [1.54, 1.807) is 6.92 Å².